The van der Waals surface area contributed by atoms with E-state index in [4.69, 9.17) is 4.99 Å². The quantitative estimate of drug-likeness (QED) is 0.303. The van der Waals surface area contributed by atoms with Crippen molar-refractivity contribution in [2.24, 2.45) is 4.99 Å². The minimum atomic E-state index is -0.287. The standard InChI is InChI=1S/C29H23FN2OS/c1-19(20-7-3-2-4-8-20)18-31-29(33)22-13-16-27-25(17-22)32-28(21-11-14-23(30)15-12-21)24-9-5-6-10-26(24)34-27/h2-17,19H,18H2,1H3,(H,31,33). The van der Waals surface area contributed by atoms with E-state index in [-0.39, 0.29) is 17.6 Å². The van der Waals surface area contributed by atoms with Gasteiger partial charge in [0.25, 0.3) is 5.91 Å². The number of hydrogen-bond donors (Lipinski definition) is 1. The van der Waals surface area contributed by atoms with E-state index in [9.17, 15) is 9.18 Å². The lowest BCUT2D eigenvalue weighted by molar-refractivity contribution is 0.0951. The highest BCUT2D eigenvalue weighted by Crippen LogP contribution is 2.41. The molecular weight excluding hydrogens is 443 g/mol. The Bertz CT molecular complexity index is 1370. The molecule has 1 N–H and O–H groups in total. The topological polar surface area (TPSA) is 41.5 Å². The first-order valence-electron chi connectivity index (χ1n) is 11.2. The van der Waals surface area contributed by atoms with Crippen molar-refractivity contribution in [2.75, 3.05) is 6.54 Å². The maximum atomic E-state index is 13.6. The summed E-state index contributed by atoms with van der Waals surface area (Å²) in [7, 11) is 0. The van der Waals surface area contributed by atoms with Gasteiger partial charge in [-0.1, -0.05) is 67.2 Å². The Morgan fingerprint density at radius 1 is 0.912 bits per heavy atom. The number of nitrogens with one attached hydrogen (secondary N) is 1. The fourth-order valence-corrected chi connectivity index (χ4v) is 4.96. The Hall–Kier alpha value is -3.70. The van der Waals surface area contributed by atoms with Gasteiger partial charge in [0.1, 0.15) is 5.82 Å². The predicted octanol–water partition coefficient (Wildman–Crippen LogP) is 6.99. The molecule has 0 aromatic heterocycles. The number of hydrogen-bond acceptors (Lipinski definition) is 3. The van der Waals surface area contributed by atoms with Crippen LogP contribution in [0.25, 0.3) is 0 Å². The van der Waals surface area contributed by atoms with E-state index in [1.54, 1.807) is 23.9 Å². The lowest BCUT2D eigenvalue weighted by Gasteiger charge is -2.13. The first-order chi connectivity index (χ1) is 16.6. The molecule has 1 aliphatic rings. The molecule has 1 atom stereocenters. The Labute approximate surface area is 202 Å². The summed E-state index contributed by atoms with van der Waals surface area (Å²) in [4.78, 5) is 19.9. The molecule has 34 heavy (non-hydrogen) atoms. The normalized spacial score (nSPS) is 13.2. The molecule has 1 heterocycles. The first-order valence-corrected chi connectivity index (χ1v) is 12.0. The maximum Gasteiger partial charge on any atom is 0.251 e. The summed E-state index contributed by atoms with van der Waals surface area (Å²) in [5.41, 5.74) is 5.05. The van der Waals surface area contributed by atoms with Gasteiger partial charge in [-0.3, -0.25) is 4.79 Å². The molecule has 0 saturated carbocycles. The van der Waals surface area contributed by atoms with Crippen LogP contribution in [0.5, 0.6) is 0 Å². The van der Waals surface area contributed by atoms with Gasteiger partial charge in [-0.15, -0.1) is 0 Å². The summed E-state index contributed by atoms with van der Waals surface area (Å²) in [5, 5.41) is 3.05. The molecule has 168 valence electrons. The maximum absolute atomic E-state index is 13.6. The van der Waals surface area contributed by atoms with E-state index in [0.29, 0.717) is 12.1 Å². The Kier molecular flexibility index (Phi) is 6.28. The number of halogens is 1. The third kappa shape index (κ3) is 4.66. The molecular formula is C29H23FN2OS. The lowest BCUT2D eigenvalue weighted by atomic mass is 10.0. The molecule has 0 radical (unpaired) electrons. The van der Waals surface area contributed by atoms with E-state index in [1.165, 1.54) is 17.7 Å². The fourth-order valence-electron chi connectivity index (χ4n) is 3.96. The van der Waals surface area contributed by atoms with Crippen LogP contribution in [0.1, 0.15) is 39.9 Å². The molecule has 1 unspecified atom stereocenters. The number of benzene rings is 4. The van der Waals surface area contributed by atoms with Crippen LogP contribution < -0.4 is 5.32 Å². The van der Waals surface area contributed by atoms with E-state index in [0.717, 1.165) is 32.3 Å². The second-order valence-electron chi connectivity index (χ2n) is 8.27. The zero-order valence-corrected chi connectivity index (χ0v) is 19.5. The number of carbonyl (C=O) groups is 1. The molecule has 4 aromatic rings. The molecule has 0 aliphatic carbocycles. The number of nitrogens with zero attached hydrogens (tertiary/aromatic N) is 1. The second kappa shape index (κ2) is 9.65. The summed E-state index contributed by atoms with van der Waals surface area (Å²) in [6, 6.07) is 30.2. The van der Waals surface area contributed by atoms with Gasteiger partial charge < -0.3 is 5.32 Å². The largest absolute Gasteiger partial charge is 0.351 e. The van der Waals surface area contributed by atoms with Crippen molar-refractivity contribution < 1.29 is 9.18 Å². The van der Waals surface area contributed by atoms with Crippen molar-refractivity contribution in [3.8, 4) is 0 Å². The number of rotatable bonds is 5. The SMILES string of the molecule is CC(CNC(=O)c1ccc2c(c1)N=C(c1ccc(F)cc1)c1ccccc1S2)c1ccccc1. The number of aliphatic imine (C=N–C) groups is 1. The van der Waals surface area contributed by atoms with E-state index in [1.807, 2.05) is 54.6 Å². The summed E-state index contributed by atoms with van der Waals surface area (Å²) < 4.78 is 13.6. The fraction of sp³-hybridized carbons (Fsp3) is 0.103. The average molecular weight is 467 g/mol. The van der Waals surface area contributed by atoms with Crippen molar-refractivity contribution in [1.82, 2.24) is 5.32 Å². The summed E-state index contributed by atoms with van der Waals surface area (Å²) in [6.07, 6.45) is 0. The van der Waals surface area contributed by atoms with Gasteiger partial charge in [0.05, 0.1) is 11.4 Å². The van der Waals surface area contributed by atoms with Crippen LogP contribution in [0.4, 0.5) is 10.1 Å². The van der Waals surface area contributed by atoms with Crippen LogP contribution >= 0.6 is 11.8 Å². The van der Waals surface area contributed by atoms with Crippen LogP contribution in [-0.2, 0) is 0 Å². The van der Waals surface area contributed by atoms with Crippen LogP contribution in [-0.4, -0.2) is 18.2 Å². The molecule has 5 rings (SSSR count). The van der Waals surface area contributed by atoms with Crippen molar-refractivity contribution in [3.63, 3.8) is 0 Å². The summed E-state index contributed by atoms with van der Waals surface area (Å²) >= 11 is 1.62. The van der Waals surface area contributed by atoms with Crippen LogP contribution in [0.15, 0.2) is 112 Å². The van der Waals surface area contributed by atoms with E-state index < -0.39 is 0 Å². The first kappa shape index (κ1) is 22.1. The minimum Gasteiger partial charge on any atom is -0.351 e. The van der Waals surface area contributed by atoms with Crippen LogP contribution in [0.3, 0.4) is 0 Å². The van der Waals surface area contributed by atoms with Crippen LogP contribution in [0.2, 0.25) is 0 Å². The van der Waals surface area contributed by atoms with Gasteiger partial charge in [0.2, 0.25) is 0 Å². The Morgan fingerprint density at radius 2 is 1.65 bits per heavy atom. The monoisotopic (exact) mass is 466 g/mol. The van der Waals surface area contributed by atoms with Gasteiger partial charge in [-0.25, -0.2) is 9.38 Å². The molecule has 1 aliphatic heterocycles. The molecule has 0 fully saturated rings. The van der Waals surface area contributed by atoms with Gasteiger partial charge in [0.15, 0.2) is 0 Å². The highest BCUT2D eigenvalue weighted by molar-refractivity contribution is 7.99. The van der Waals surface area contributed by atoms with Gasteiger partial charge in [-0.2, -0.15) is 0 Å². The van der Waals surface area contributed by atoms with Crippen molar-refractivity contribution in [3.05, 3.63) is 125 Å². The Morgan fingerprint density at radius 3 is 2.44 bits per heavy atom. The predicted molar refractivity (Wildman–Crippen MR) is 136 cm³/mol. The molecule has 3 nitrogen and oxygen atoms in total. The number of fused-ring (bicyclic) bond motifs is 2. The molecule has 0 saturated heterocycles. The third-order valence-corrected chi connectivity index (χ3v) is 7.01. The highest BCUT2D eigenvalue weighted by atomic mass is 32.2. The number of amides is 1. The smallest absolute Gasteiger partial charge is 0.251 e. The van der Waals surface area contributed by atoms with Gasteiger partial charge in [0, 0.05) is 33.0 Å². The summed E-state index contributed by atoms with van der Waals surface area (Å²) in [5.74, 6) is -0.209. The van der Waals surface area contributed by atoms with Crippen molar-refractivity contribution >= 4 is 29.1 Å². The zero-order chi connectivity index (χ0) is 23.5. The Balaban J connectivity index is 1.45. The molecule has 4 aromatic carbocycles. The highest BCUT2D eigenvalue weighted by Gasteiger charge is 2.20. The lowest BCUT2D eigenvalue weighted by Crippen LogP contribution is -2.27. The molecule has 0 bridgehead atoms. The van der Waals surface area contributed by atoms with E-state index >= 15 is 0 Å². The molecule has 0 spiro atoms. The number of carbonyl (C=O) groups excluding carboxylic acids is 1. The van der Waals surface area contributed by atoms with Gasteiger partial charge >= 0.3 is 0 Å². The minimum absolute atomic E-state index is 0.129. The average Bonchev–Trinajstić information content (AvgIpc) is 3.04. The van der Waals surface area contributed by atoms with E-state index in [2.05, 4.69) is 30.4 Å². The third-order valence-electron chi connectivity index (χ3n) is 5.87. The second-order valence-corrected chi connectivity index (χ2v) is 9.35. The van der Waals surface area contributed by atoms with Crippen LogP contribution in [0, 0.1) is 5.82 Å². The van der Waals surface area contributed by atoms with Crippen molar-refractivity contribution in [2.45, 2.75) is 22.6 Å². The summed E-state index contributed by atoms with van der Waals surface area (Å²) in [6.45, 7) is 2.64. The molecule has 1 amide bonds. The molecule has 5 heteroatoms. The van der Waals surface area contributed by atoms with Gasteiger partial charge in [-0.05, 0) is 60.0 Å². The zero-order valence-electron chi connectivity index (χ0n) is 18.7. The van der Waals surface area contributed by atoms with Crippen molar-refractivity contribution in [1.29, 1.82) is 0 Å².